The van der Waals surface area contributed by atoms with Crippen LogP contribution in [0.2, 0.25) is 4.34 Å². The zero-order valence-corrected chi connectivity index (χ0v) is 11.8. The van der Waals surface area contributed by atoms with Gasteiger partial charge in [-0.2, -0.15) is 0 Å². The van der Waals surface area contributed by atoms with E-state index < -0.39 is 16.9 Å². The molecule has 17 heavy (non-hydrogen) atoms. The van der Waals surface area contributed by atoms with Crippen molar-refractivity contribution < 1.29 is 9.90 Å². The summed E-state index contributed by atoms with van der Waals surface area (Å²) < 4.78 is 4.25. The fourth-order valence-electron chi connectivity index (χ4n) is 1.10. The lowest BCUT2D eigenvalue weighted by molar-refractivity contribution is -0.151. The molecule has 0 aliphatic carbocycles. The van der Waals surface area contributed by atoms with Crippen molar-refractivity contribution in [3.63, 3.8) is 0 Å². The van der Waals surface area contributed by atoms with E-state index in [0.717, 1.165) is 11.5 Å². The molecule has 1 rings (SSSR count). The molecule has 5 nitrogen and oxygen atoms in total. The summed E-state index contributed by atoms with van der Waals surface area (Å²) in [6, 6.07) is 0. The Labute approximate surface area is 109 Å². The van der Waals surface area contributed by atoms with Crippen LogP contribution in [0.5, 0.6) is 0 Å². The summed E-state index contributed by atoms with van der Waals surface area (Å²) in [6.45, 7) is 7.45. The van der Waals surface area contributed by atoms with Crippen molar-refractivity contribution in [1.29, 1.82) is 0 Å². The number of aromatic nitrogens is 2. The van der Waals surface area contributed by atoms with Gasteiger partial charge in [0.25, 0.3) is 0 Å². The first-order chi connectivity index (χ1) is 7.68. The van der Waals surface area contributed by atoms with E-state index in [2.05, 4.69) is 14.9 Å². The van der Waals surface area contributed by atoms with Crippen LogP contribution in [-0.4, -0.2) is 26.2 Å². The normalized spacial score (nSPS) is 12.8. The monoisotopic (exact) mass is 277 g/mol. The molecule has 0 fully saturated rings. The quantitative estimate of drug-likeness (QED) is 0.863. The molecule has 0 amide bonds. The largest absolute Gasteiger partial charge is 0.481 e. The molecule has 0 saturated heterocycles. The summed E-state index contributed by atoms with van der Waals surface area (Å²) in [5, 5.41) is 16.2. The molecule has 0 aromatic carbocycles. The minimum absolute atomic E-state index is 0.402. The molecule has 0 aliphatic rings. The highest BCUT2D eigenvalue weighted by atomic mass is 35.5. The van der Waals surface area contributed by atoms with Crippen molar-refractivity contribution in [1.82, 2.24) is 14.9 Å². The second-order valence-corrected chi connectivity index (χ2v) is 6.26. The first-order valence-corrected chi connectivity index (χ1v) is 6.29. The summed E-state index contributed by atoms with van der Waals surface area (Å²) in [5.41, 5.74) is -0.847. The Bertz CT molecular complexity index is 417. The summed E-state index contributed by atoms with van der Waals surface area (Å²) >= 11 is 7.00. The Morgan fingerprint density at radius 2 is 2.06 bits per heavy atom. The van der Waals surface area contributed by atoms with E-state index in [1.807, 2.05) is 13.8 Å². The molecule has 1 aromatic rings. The second-order valence-electron chi connectivity index (χ2n) is 4.90. The van der Waals surface area contributed by atoms with Crippen LogP contribution < -0.4 is 5.32 Å². The van der Waals surface area contributed by atoms with Gasteiger partial charge in [-0.25, -0.2) is 0 Å². The number of hydrogen-bond donors (Lipinski definition) is 2. The molecule has 0 radical (unpaired) electrons. The number of carboxylic acids is 1. The molecule has 0 aliphatic heterocycles. The van der Waals surface area contributed by atoms with E-state index in [1.165, 1.54) is 0 Å². The smallest absolute Gasteiger partial charge is 0.310 e. The molecule has 1 aromatic heterocycles. The third kappa shape index (κ3) is 2.94. The van der Waals surface area contributed by atoms with Crippen molar-refractivity contribution in [3.05, 3.63) is 10.0 Å². The number of nitrogens with zero attached hydrogens (tertiary/aromatic N) is 2. The first-order valence-electron chi connectivity index (χ1n) is 5.13. The maximum Gasteiger partial charge on any atom is 0.310 e. The molecular formula is C10H16ClN3O2S. The van der Waals surface area contributed by atoms with Gasteiger partial charge in [0.05, 0.1) is 5.41 Å². The Morgan fingerprint density at radius 3 is 2.47 bits per heavy atom. The van der Waals surface area contributed by atoms with Crippen LogP contribution in [0, 0.1) is 5.41 Å². The van der Waals surface area contributed by atoms with Crippen LogP contribution in [0.1, 0.15) is 33.4 Å². The molecule has 0 spiro atoms. The summed E-state index contributed by atoms with van der Waals surface area (Å²) in [6.07, 6.45) is 0. The standard InChI is InChI=1S/C10H16ClN3O2S/c1-9(2,8(15)16)10(3,4)12-5-6-7(11)17-14-13-6/h12H,5H2,1-4H3,(H,15,16). The molecule has 0 bridgehead atoms. The van der Waals surface area contributed by atoms with E-state index in [0.29, 0.717) is 16.6 Å². The highest BCUT2D eigenvalue weighted by molar-refractivity contribution is 7.10. The average Bonchev–Trinajstić information content (AvgIpc) is 2.60. The van der Waals surface area contributed by atoms with E-state index >= 15 is 0 Å². The summed E-state index contributed by atoms with van der Waals surface area (Å²) in [7, 11) is 0. The third-order valence-corrected chi connectivity index (χ3v) is 4.29. The second kappa shape index (κ2) is 4.88. The van der Waals surface area contributed by atoms with Gasteiger partial charge >= 0.3 is 5.97 Å². The number of carbonyl (C=O) groups is 1. The zero-order chi connectivity index (χ0) is 13.3. The van der Waals surface area contributed by atoms with Gasteiger partial charge in [-0.3, -0.25) is 4.79 Å². The number of halogens is 1. The van der Waals surface area contributed by atoms with Gasteiger partial charge in [0.15, 0.2) is 0 Å². The van der Waals surface area contributed by atoms with E-state index in [9.17, 15) is 9.90 Å². The molecular weight excluding hydrogens is 262 g/mol. The maximum absolute atomic E-state index is 11.2. The number of hydrogen-bond acceptors (Lipinski definition) is 5. The average molecular weight is 278 g/mol. The Morgan fingerprint density at radius 1 is 1.47 bits per heavy atom. The Kier molecular flexibility index (Phi) is 4.11. The zero-order valence-electron chi connectivity index (χ0n) is 10.2. The van der Waals surface area contributed by atoms with Crippen LogP contribution in [0.15, 0.2) is 0 Å². The number of carboxylic acid groups (broad SMARTS) is 1. The first kappa shape index (κ1) is 14.3. The lowest BCUT2D eigenvalue weighted by atomic mass is 9.74. The van der Waals surface area contributed by atoms with Crippen LogP contribution in [-0.2, 0) is 11.3 Å². The summed E-state index contributed by atoms with van der Waals surface area (Å²) in [5.74, 6) is -0.850. The highest BCUT2D eigenvalue weighted by Gasteiger charge is 2.43. The van der Waals surface area contributed by atoms with Crippen LogP contribution in [0.4, 0.5) is 0 Å². The lowest BCUT2D eigenvalue weighted by Crippen LogP contribution is -2.54. The van der Waals surface area contributed by atoms with E-state index in [4.69, 9.17) is 11.6 Å². The molecule has 96 valence electrons. The Balaban J connectivity index is 2.74. The molecule has 2 N–H and O–H groups in total. The highest BCUT2D eigenvalue weighted by Crippen LogP contribution is 2.31. The third-order valence-electron chi connectivity index (χ3n) is 3.30. The number of nitrogens with one attached hydrogen (secondary N) is 1. The van der Waals surface area contributed by atoms with Gasteiger partial charge in [-0.05, 0) is 27.7 Å². The molecule has 0 unspecified atom stereocenters. The van der Waals surface area contributed by atoms with Gasteiger partial charge in [-0.15, -0.1) is 5.10 Å². The predicted octanol–water partition coefficient (Wildman–Crippen LogP) is 2.17. The lowest BCUT2D eigenvalue weighted by Gasteiger charge is -2.38. The molecule has 7 heteroatoms. The van der Waals surface area contributed by atoms with Crippen LogP contribution in [0.25, 0.3) is 0 Å². The van der Waals surface area contributed by atoms with Gasteiger partial charge in [0, 0.05) is 23.6 Å². The van der Waals surface area contributed by atoms with Crippen molar-refractivity contribution in [2.24, 2.45) is 5.41 Å². The predicted molar refractivity (Wildman–Crippen MR) is 67.3 cm³/mol. The maximum atomic E-state index is 11.2. The minimum atomic E-state index is -0.900. The SMILES string of the molecule is CC(C)(NCc1nnsc1Cl)C(C)(C)C(=O)O. The van der Waals surface area contributed by atoms with E-state index in [-0.39, 0.29) is 0 Å². The van der Waals surface area contributed by atoms with Crippen molar-refractivity contribution in [2.75, 3.05) is 0 Å². The molecule has 1 heterocycles. The number of aliphatic carboxylic acids is 1. The van der Waals surface area contributed by atoms with Crippen LogP contribution >= 0.6 is 23.1 Å². The van der Waals surface area contributed by atoms with Gasteiger partial charge in [0.2, 0.25) is 0 Å². The van der Waals surface area contributed by atoms with Crippen molar-refractivity contribution in [3.8, 4) is 0 Å². The van der Waals surface area contributed by atoms with Gasteiger partial charge in [0.1, 0.15) is 10.0 Å². The minimum Gasteiger partial charge on any atom is -0.481 e. The molecule has 0 saturated carbocycles. The fraction of sp³-hybridized carbons (Fsp3) is 0.700. The summed E-state index contributed by atoms with van der Waals surface area (Å²) in [4.78, 5) is 11.2. The van der Waals surface area contributed by atoms with Crippen molar-refractivity contribution in [2.45, 2.75) is 39.8 Å². The van der Waals surface area contributed by atoms with Gasteiger partial charge in [-0.1, -0.05) is 16.1 Å². The van der Waals surface area contributed by atoms with Crippen LogP contribution in [0.3, 0.4) is 0 Å². The fourth-order valence-corrected chi connectivity index (χ4v) is 1.72. The Hall–Kier alpha value is -0.720. The van der Waals surface area contributed by atoms with Gasteiger partial charge < -0.3 is 10.4 Å². The van der Waals surface area contributed by atoms with E-state index in [1.54, 1.807) is 13.8 Å². The topological polar surface area (TPSA) is 75.1 Å². The number of rotatable bonds is 5. The molecule has 0 atom stereocenters. The van der Waals surface area contributed by atoms with Crippen molar-refractivity contribution >= 4 is 29.1 Å².